The van der Waals surface area contributed by atoms with E-state index in [1.54, 1.807) is 6.07 Å². The van der Waals surface area contributed by atoms with Gasteiger partial charge in [-0.3, -0.25) is 4.79 Å². The first kappa shape index (κ1) is 21.3. The molecule has 3 aliphatic rings. The molecule has 3 aliphatic carbocycles. The Morgan fingerprint density at radius 2 is 1.78 bits per heavy atom. The van der Waals surface area contributed by atoms with Crippen LogP contribution in [0.2, 0.25) is 0 Å². The van der Waals surface area contributed by atoms with Crippen molar-refractivity contribution >= 4 is 11.4 Å². The molecule has 3 atom stereocenters. The summed E-state index contributed by atoms with van der Waals surface area (Å²) in [5.74, 6) is 2.77. The molecule has 32 heavy (non-hydrogen) atoms. The van der Waals surface area contributed by atoms with Gasteiger partial charge < -0.3 is 9.84 Å². The molecule has 3 heteroatoms. The van der Waals surface area contributed by atoms with Gasteiger partial charge in [0.2, 0.25) is 0 Å². The summed E-state index contributed by atoms with van der Waals surface area (Å²) in [6.07, 6.45) is 12.8. The van der Waals surface area contributed by atoms with Crippen molar-refractivity contribution < 1.29 is 14.6 Å². The SMILES string of the molecule is O=C1C=C2c3c(O)cc(OCCCCCc4ccccc4)cc3C3CCCCC3C2CC1. The van der Waals surface area contributed by atoms with Crippen LogP contribution >= 0.6 is 0 Å². The fourth-order valence-corrected chi connectivity index (χ4v) is 6.29. The van der Waals surface area contributed by atoms with Gasteiger partial charge in [0.1, 0.15) is 11.5 Å². The number of carbonyl (C=O) groups excluding carboxylic acids is 1. The number of aryl methyl sites for hydroxylation is 1. The number of carbonyl (C=O) groups is 1. The van der Waals surface area contributed by atoms with Crippen LogP contribution in [0, 0.1) is 11.8 Å². The predicted molar refractivity (Wildman–Crippen MR) is 128 cm³/mol. The summed E-state index contributed by atoms with van der Waals surface area (Å²) >= 11 is 0. The van der Waals surface area contributed by atoms with E-state index in [4.69, 9.17) is 4.74 Å². The van der Waals surface area contributed by atoms with E-state index in [0.717, 1.165) is 49.0 Å². The van der Waals surface area contributed by atoms with E-state index in [-0.39, 0.29) is 11.5 Å². The Labute approximate surface area is 191 Å². The summed E-state index contributed by atoms with van der Waals surface area (Å²) in [6, 6.07) is 14.6. The van der Waals surface area contributed by atoms with Crippen molar-refractivity contribution in [3.8, 4) is 11.5 Å². The largest absolute Gasteiger partial charge is 0.507 e. The van der Waals surface area contributed by atoms with Gasteiger partial charge in [-0.25, -0.2) is 0 Å². The highest BCUT2D eigenvalue weighted by atomic mass is 16.5. The molecule has 0 amide bonds. The van der Waals surface area contributed by atoms with Crippen LogP contribution in [0.15, 0.2) is 48.5 Å². The summed E-state index contributed by atoms with van der Waals surface area (Å²) in [7, 11) is 0. The zero-order valence-corrected chi connectivity index (χ0v) is 18.9. The summed E-state index contributed by atoms with van der Waals surface area (Å²) < 4.78 is 6.10. The summed E-state index contributed by atoms with van der Waals surface area (Å²) in [6.45, 7) is 0.672. The third-order valence-corrected chi connectivity index (χ3v) is 7.78. The fraction of sp³-hybridized carbons (Fsp3) is 0.483. The summed E-state index contributed by atoms with van der Waals surface area (Å²) in [5.41, 5.74) is 4.63. The van der Waals surface area contributed by atoms with Gasteiger partial charge in [0.15, 0.2) is 5.78 Å². The molecular weight excluding hydrogens is 396 g/mol. The molecule has 0 saturated heterocycles. The highest BCUT2D eigenvalue weighted by molar-refractivity contribution is 6.00. The number of phenolic OH excluding ortho intramolecular Hbond substituents is 1. The molecule has 0 spiro atoms. The van der Waals surface area contributed by atoms with Gasteiger partial charge in [-0.1, -0.05) is 43.2 Å². The van der Waals surface area contributed by atoms with Crippen LogP contribution in [-0.2, 0) is 11.2 Å². The van der Waals surface area contributed by atoms with E-state index in [9.17, 15) is 9.90 Å². The lowest BCUT2D eigenvalue weighted by atomic mass is 9.59. The summed E-state index contributed by atoms with van der Waals surface area (Å²) in [5, 5.41) is 11.0. The number of hydrogen-bond acceptors (Lipinski definition) is 3. The smallest absolute Gasteiger partial charge is 0.156 e. The van der Waals surface area contributed by atoms with Crippen molar-refractivity contribution in [3.63, 3.8) is 0 Å². The Bertz CT molecular complexity index is 991. The average molecular weight is 431 g/mol. The van der Waals surface area contributed by atoms with Crippen molar-refractivity contribution in [2.75, 3.05) is 6.61 Å². The molecule has 0 bridgehead atoms. The van der Waals surface area contributed by atoms with Crippen LogP contribution in [-0.4, -0.2) is 17.5 Å². The van der Waals surface area contributed by atoms with Crippen LogP contribution in [0.5, 0.6) is 11.5 Å². The lowest BCUT2D eigenvalue weighted by molar-refractivity contribution is -0.115. The number of aromatic hydroxyl groups is 1. The molecular formula is C29H34O3. The second-order valence-corrected chi connectivity index (χ2v) is 9.82. The number of fused-ring (bicyclic) bond motifs is 6. The second-order valence-electron chi connectivity index (χ2n) is 9.82. The Kier molecular flexibility index (Phi) is 6.34. The quantitative estimate of drug-likeness (QED) is 0.490. The fourth-order valence-electron chi connectivity index (χ4n) is 6.29. The first-order chi connectivity index (χ1) is 15.7. The molecule has 2 aromatic rings. The first-order valence-electron chi connectivity index (χ1n) is 12.5. The molecule has 5 rings (SSSR count). The van der Waals surface area contributed by atoms with Crippen LogP contribution in [0.25, 0.3) is 5.57 Å². The van der Waals surface area contributed by atoms with Gasteiger partial charge >= 0.3 is 0 Å². The first-order valence-corrected chi connectivity index (χ1v) is 12.5. The topological polar surface area (TPSA) is 46.5 Å². The highest BCUT2D eigenvalue weighted by Gasteiger charge is 2.43. The third kappa shape index (κ3) is 4.35. The Balaban J connectivity index is 1.27. The molecule has 0 aromatic heterocycles. The maximum atomic E-state index is 12.2. The van der Waals surface area contributed by atoms with Gasteiger partial charge in [0.25, 0.3) is 0 Å². The van der Waals surface area contributed by atoms with E-state index in [2.05, 4.69) is 36.4 Å². The van der Waals surface area contributed by atoms with E-state index < -0.39 is 0 Å². The van der Waals surface area contributed by atoms with Gasteiger partial charge in [0, 0.05) is 18.1 Å². The van der Waals surface area contributed by atoms with Crippen LogP contribution < -0.4 is 4.74 Å². The van der Waals surface area contributed by atoms with Crippen molar-refractivity contribution in [3.05, 3.63) is 65.2 Å². The van der Waals surface area contributed by atoms with Crippen molar-refractivity contribution in [2.45, 2.75) is 70.1 Å². The molecule has 1 saturated carbocycles. The van der Waals surface area contributed by atoms with Gasteiger partial charge in [-0.15, -0.1) is 0 Å². The maximum Gasteiger partial charge on any atom is 0.156 e. The molecule has 0 radical (unpaired) electrons. The van der Waals surface area contributed by atoms with E-state index >= 15 is 0 Å². The molecule has 3 nitrogen and oxygen atoms in total. The van der Waals surface area contributed by atoms with Crippen molar-refractivity contribution in [2.24, 2.45) is 11.8 Å². The predicted octanol–water partition coefficient (Wildman–Crippen LogP) is 6.83. The molecule has 1 N–H and O–H groups in total. The summed E-state index contributed by atoms with van der Waals surface area (Å²) in [4.78, 5) is 12.2. The van der Waals surface area contributed by atoms with Crippen molar-refractivity contribution in [1.29, 1.82) is 0 Å². The molecule has 2 aromatic carbocycles. The van der Waals surface area contributed by atoms with Gasteiger partial charge in [-0.05, 0) is 91.5 Å². The number of phenols is 1. The number of ketones is 1. The minimum absolute atomic E-state index is 0.201. The molecule has 0 heterocycles. The third-order valence-electron chi connectivity index (χ3n) is 7.78. The number of ether oxygens (including phenoxy) is 1. The number of allylic oxidation sites excluding steroid dienone is 2. The number of rotatable bonds is 7. The zero-order valence-electron chi connectivity index (χ0n) is 18.9. The Morgan fingerprint density at radius 1 is 0.938 bits per heavy atom. The van der Waals surface area contributed by atoms with E-state index in [0.29, 0.717) is 30.8 Å². The normalized spacial score (nSPS) is 24.2. The molecule has 1 fully saturated rings. The van der Waals surface area contributed by atoms with Crippen LogP contribution in [0.3, 0.4) is 0 Å². The van der Waals surface area contributed by atoms with E-state index in [1.807, 2.05) is 6.08 Å². The van der Waals surface area contributed by atoms with Gasteiger partial charge in [0.05, 0.1) is 6.61 Å². The minimum atomic E-state index is 0.201. The number of benzene rings is 2. The monoisotopic (exact) mass is 430 g/mol. The lowest BCUT2D eigenvalue weighted by Gasteiger charge is -2.45. The number of unbranched alkanes of at least 4 members (excludes halogenated alkanes) is 2. The Morgan fingerprint density at radius 3 is 2.66 bits per heavy atom. The standard InChI is InChI=1S/C29H34O3/c30-21-14-15-25-23-12-6-7-13-24(23)27-18-22(19-28(31)29(27)26(25)17-21)32-16-8-2-5-11-20-9-3-1-4-10-20/h1,3-4,9-10,17-19,23-25,31H,2,5-8,11-16H2. The number of hydrogen-bond donors (Lipinski definition) is 1. The van der Waals surface area contributed by atoms with Crippen molar-refractivity contribution in [1.82, 2.24) is 0 Å². The maximum absolute atomic E-state index is 12.2. The lowest BCUT2D eigenvalue weighted by Crippen LogP contribution is -2.33. The molecule has 0 aliphatic heterocycles. The highest BCUT2D eigenvalue weighted by Crippen LogP contribution is 2.57. The van der Waals surface area contributed by atoms with Crippen LogP contribution in [0.1, 0.15) is 80.4 Å². The zero-order chi connectivity index (χ0) is 21.9. The average Bonchev–Trinajstić information content (AvgIpc) is 2.81. The second kappa shape index (κ2) is 9.52. The van der Waals surface area contributed by atoms with Gasteiger partial charge in [-0.2, -0.15) is 0 Å². The minimum Gasteiger partial charge on any atom is -0.507 e. The Hall–Kier alpha value is -2.55. The molecule has 3 unspecified atom stereocenters. The van der Waals surface area contributed by atoms with Crippen LogP contribution in [0.4, 0.5) is 0 Å². The van der Waals surface area contributed by atoms with E-state index in [1.165, 1.54) is 36.8 Å². The molecule has 168 valence electrons.